The summed E-state index contributed by atoms with van der Waals surface area (Å²) in [6, 6.07) is 10.2. The van der Waals surface area contributed by atoms with Gasteiger partial charge in [-0.15, -0.1) is 0 Å². The second kappa shape index (κ2) is 8.75. The second-order valence-electron chi connectivity index (χ2n) is 7.34. The van der Waals surface area contributed by atoms with E-state index in [4.69, 9.17) is 21.7 Å². The summed E-state index contributed by atoms with van der Waals surface area (Å²) in [5.41, 5.74) is 5.58. The van der Waals surface area contributed by atoms with E-state index in [-0.39, 0.29) is 0 Å². The van der Waals surface area contributed by atoms with Crippen LogP contribution in [0.4, 0.5) is 0 Å². The first-order valence-corrected chi connectivity index (χ1v) is 9.88. The van der Waals surface area contributed by atoms with Crippen LogP contribution in [0.5, 0.6) is 11.5 Å². The summed E-state index contributed by atoms with van der Waals surface area (Å²) >= 11 is 5.66. The van der Waals surface area contributed by atoms with Crippen molar-refractivity contribution in [2.45, 2.75) is 34.0 Å². The van der Waals surface area contributed by atoms with E-state index in [2.05, 4.69) is 50.4 Å². The van der Waals surface area contributed by atoms with Crippen molar-refractivity contribution in [1.82, 2.24) is 19.8 Å². The van der Waals surface area contributed by atoms with Crippen LogP contribution >= 0.6 is 12.2 Å². The predicted molar refractivity (Wildman–Crippen MR) is 115 cm³/mol. The minimum absolute atomic E-state index is 0.589. The van der Waals surface area contributed by atoms with E-state index >= 15 is 0 Å². The van der Waals surface area contributed by atoms with Gasteiger partial charge in [-0.1, -0.05) is 18.2 Å². The fraction of sp³-hybridized carbons (Fsp3) is 0.381. The fourth-order valence-electron chi connectivity index (χ4n) is 3.50. The molecule has 154 valence electrons. The Balaban J connectivity index is 1.82. The largest absolute Gasteiger partial charge is 0.493 e. The lowest BCUT2D eigenvalue weighted by molar-refractivity contribution is -0.917. The molecule has 0 aliphatic heterocycles. The first kappa shape index (κ1) is 21.0. The van der Waals surface area contributed by atoms with Crippen LogP contribution in [0.2, 0.25) is 0 Å². The third-order valence-corrected chi connectivity index (χ3v) is 5.43. The van der Waals surface area contributed by atoms with Gasteiger partial charge >= 0.3 is 0 Å². The number of aromatic nitrogens is 4. The van der Waals surface area contributed by atoms with Crippen LogP contribution in [-0.4, -0.2) is 41.1 Å². The van der Waals surface area contributed by atoms with Crippen LogP contribution in [0.3, 0.4) is 0 Å². The summed E-state index contributed by atoms with van der Waals surface area (Å²) in [6.45, 7) is 7.59. The zero-order chi connectivity index (χ0) is 21.1. The van der Waals surface area contributed by atoms with Gasteiger partial charge in [0.25, 0.3) is 0 Å². The maximum absolute atomic E-state index is 5.66. The van der Waals surface area contributed by atoms with Gasteiger partial charge in [0.1, 0.15) is 6.54 Å². The number of hydrogen-bond donors (Lipinski definition) is 1. The Morgan fingerprint density at radius 1 is 0.966 bits per heavy atom. The quantitative estimate of drug-likeness (QED) is 0.602. The van der Waals surface area contributed by atoms with Crippen LogP contribution in [0.15, 0.2) is 30.3 Å². The van der Waals surface area contributed by atoms with Gasteiger partial charge in [-0.25, -0.2) is 0 Å². The lowest BCUT2D eigenvalue weighted by Gasteiger charge is -2.17. The highest BCUT2D eigenvalue weighted by atomic mass is 32.1. The van der Waals surface area contributed by atoms with E-state index in [9.17, 15) is 0 Å². The molecular weight excluding hydrogens is 386 g/mol. The summed E-state index contributed by atoms with van der Waals surface area (Å²) in [5, 5.41) is 8.61. The van der Waals surface area contributed by atoms with Crippen molar-refractivity contribution in [2.75, 3.05) is 21.3 Å². The van der Waals surface area contributed by atoms with Gasteiger partial charge in [0.05, 0.1) is 27.0 Å². The Morgan fingerprint density at radius 3 is 2.21 bits per heavy atom. The molecule has 8 heteroatoms. The van der Waals surface area contributed by atoms with Crippen molar-refractivity contribution < 1.29 is 14.4 Å². The minimum atomic E-state index is 0.589. The number of aryl methyl sites for hydroxylation is 3. The summed E-state index contributed by atoms with van der Waals surface area (Å²) in [4.78, 5) is 1.23. The summed E-state index contributed by atoms with van der Waals surface area (Å²) in [7, 11) is 5.41. The molecule has 0 fully saturated rings. The number of benzene rings is 2. The highest BCUT2D eigenvalue weighted by Gasteiger charge is 2.16. The molecule has 1 atom stereocenters. The van der Waals surface area contributed by atoms with E-state index in [0.717, 1.165) is 40.4 Å². The average molecular weight is 415 g/mol. The van der Waals surface area contributed by atoms with Crippen molar-refractivity contribution in [3.05, 3.63) is 57.4 Å². The number of nitrogens with zero attached hydrogens (tertiary/aromatic N) is 4. The lowest BCUT2D eigenvalue weighted by atomic mass is 10.1. The molecule has 0 spiro atoms. The topological polar surface area (TPSA) is 58.5 Å². The monoisotopic (exact) mass is 414 g/mol. The molecule has 0 bridgehead atoms. The number of tetrazole rings is 1. The van der Waals surface area contributed by atoms with Crippen molar-refractivity contribution in [3.8, 4) is 17.2 Å². The van der Waals surface area contributed by atoms with Gasteiger partial charge in [-0.05, 0) is 72.2 Å². The number of hydrogen-bond acceptors (Lipinski definition) is 5. The molecule has 1 aromatic heterocycles. The van der Waals surface area contributed by atoms with Crippen LogP contribution in [0.25, 0.3) is 5.69 Å². The molecule has 0 aliphatic carbocycles. The molecule has 3 rings (SSSR count). The van der Waals surface area contributed by atoms with E-state index in [1.54, 1.807) is 23.6 Å². The summed E-state index contributed by atoms with van der Waals surface area (Å²) < 4.78 is 14.9. The third-order valence-electron chi connectivity index (χ3n) is 5.04. The average Bonchev–Trinajstić information content (AvgIpc) is 3.03. The van der Waals surface area contributed by atoms with Gasteiger partial charge in [-0.3, -0.25) is 0 Å². The molecule has 2 aromatic carbocycles. The Bertz CT molecular complexity index is 1050. The number of nitrogens with one attached hydrogen (secondary N) is 1. The molecule has 0 saturated carbocycles. The van der Waals surface area contributed by atoms with Gasteiger partial charge in [0.2, 0.25) is 4.77 Å². The van der Waals surface area contributed by atoms with E-state index < -0.39 is 0 Å². The molecule has 0 radical (unpaired) electrons. The third kappa shape index (κ3) is 4.33. The SMILES string of the molecule is COc1cc(C)c(C[NH+](C)Cn2nnn(-c3c(C)cccc3C)c2=S)cc1OC. The van der Waals surface area contributed by atoms with Gasteiger partial charge in [-0.2, -0.15) is 9.36 Å². The van der Waals surface area contributed by atoms with Crippen molar-refractivity contribution >= 4 is 12.2 Å². The first-order chi connectivity index (χ1) is 13.8. The smallest absolute Gasteiger partial charge is 0.225 e. The molecule has 7 nitrogen and oxygen atoms in total. The Morgan fingerprint density at radius 2 is 1.59 bits per heavy atom. The maximum atomic E-state index is 5.66. The zero-order valence-electron chi connectivity index (χ0n) is 17.8. The number of ether oxygens (including phenoxy) is 2. The summed E-state index contributed by atoms with van der Waals surface area (Å²) in [5.74, 6) is 1.48. The second-order valence-corrected chi connectivity index (χ2v) is 7.70. The number of quaternary nitrogens is 1. The van der Waals surface area contributed by atoms with Crippen LogP contribution in [0.1, 0.15) is 22.3 Å². The molecule has 29 heavy (non-hydrogen) atoms. The molecule has 0 amide bonds. The Labute approximate surface area is 176 Å². The van der Waals surface area contributed by atoms with Gasteiger partial charge in [0.15, 0.2) is 18.2 Å². The fourth-order valence-corrected chi connectivity index (χ4v) is 3.73. The molecule has 1 unspecified atom stereocenters. The van der Waals surface area contributed by atoms with Crippen LogP contribution in [0, 0.1) is 25.5 Å². The van der Waals surface area contributed by atoms with E-state index in [1.165, 1.54) is 10.5 Å². The Kier molecular flexibility index (Phi) is 6.34. The highest BCUT2D eigenvalue weighted by Crippen LogP contribution is 2.29. The van der Waals surface area contributed by atoms with Crippen LogP contribution < -0.4 is 14.4 Å². The van der Waals surface area contributed by atoms with Gasteiger partial charge < -0.3 is 14.4 Å². The molecule has 0 saturated heterocycles. The molecule has 1 N–H and O–H groups in total. The molecule has 1 heterocycles. The summed E-state index contributed by atoms with van der Waals surface area (Å²) in [6.07, 6.45) is 0. The zero-order valence-corrected chi connectivity index (χ0v) is 18.6. The first-order valence-electron chi connectivity index (χ1n) is 9.48. The number of methoxy groups -OCH3 is 2. The lowest BCUT2D eigenvalue weighted by Crippen LogP contribution is -3.07. The highest BCUT2D eigenvalue weighted by molar-refractivity contribution is 7.71. The number of rotatable bonds is 7. The molecule has 3 aromatic rings. The van der Waals surface area contributed by atoms with Crippen LogP contribution in [-0.2, 0) is 13.2 Å². The molecule has 0 aliphatic rings. The van der Waals surface area contributed by atoms with E-state index in [1.807, 2.05) is 18.2 Å². The number of para-hydroxylation sites is 1. The van der Waals surface area contributed by atoms with Gasteiger partial charge in [0, 0.05) is 5.56 Å². The normalized spacial score (nSPS) is 12.1. The standard InChI is InChI=1S/C21H27N5O2S/c1-14-8-7-9-15(2)20(14)26-21(29)25(22-23-26)13-24(4)12-17-11-19(28-6)18(27-5)10-16(17)3/h7-11H,12-13H2,1-6H3/p+1. The molecular formula is C21H28N5O2S+. The predicted octanol–water partition coefficient (Wildman–Crippen LogP) is 2.41. The van der Waals surface area contributed by atoms with Crippen molar-refractivity contribution in [2.24, 2.45) is 0 Å². The van der Waals surface area contributed by atoms with E-state index in [0.29, 0.717) is 11.4 Å². The van der Waals surface area contributed by atoms with Crippen molar-refractivity contribution in [3.63, 3.8) is 0 Å². The minimum Gasteiger partial charge on any atom is -0.493 e. The Hall–Kier alpha value is -2.71. The maximum Gasteiger partial charge on any atom is 0.225 e. The van der Waals surface area contributed by atoms with Crippen molar-refractivity contribution in [1.29, 1.82) is 0 Å².